The predicted molar refractivity (Wildman–Crippen MR) is 93.1 cm³/mol. The maximum absolute atomic E-state index is 12.9. The molecule has 0 saturated carbocycles. The van der Waals surface area contributed by atoms with Crippen LogP contribution in [0.2, 0.25) is 5.02 Å². The second-order valence-corrected chi connectivity index (χ2v) is 6.55. The SMILES string of the molecule is Cc1cccc(CN2N=N[C@@H]3C(=O)N(c4ccccc4Cl)C(=O)[C@@H]32)c1. The molecule has 0 aromatic heterocycles. The van der Waals surface area contributed by atoms with Crippen LogP contribution in [0.3, 0.4) is 0 Å². The minimum Gasteiger partial charge on any atom is -0.271 e. The van der Waals surface area contributed by atoms with Gasteiger partial charge in [-0.3, -0.25) is 14.6 Å². The average Bonchev–Trinajstić information content (AvgIpc) is 3.10. The van der Waals surface area contributed by atoms with E-state index in [4.69, 9.17) is 11.6 Å². The first-order valence-electron chi connectivity index (χ1n) is 7.91. The van der Waals surface area contributed by atoms with Gasteiger partial charge in [-0.05, 0) is 24.6 Å². The molecule has 1 fully saturated rings. The molecule has 0 N–H and O–H groups in total. The Morgan fingerprint density at radius 2 is 1.88 bits per heavy atom. The van der Waals surface area contributed by atoms with Crippen LogP contribution in [0.25, 0.3) is 0 Å². The number of rotatable bonds is 3. The third kappa shape index (κ3) is 2.59. The van der Waals surface area contributed by atoms with E-state index in [-0.39, 0.29) is 5.91 Å². The van der Waals surface area contributed by atoms with Gasteiger partial charge >= 0.3 is 0 Å². The van der Waals surface area contributed by atoms with Crippen molar-refractivity contribution in [2.45, 2.75) is 25.6 Å². The zero-order chi connectivity index (χ0) is 17.6. The summed E-state index contributed by atoms with van der Waals surface area (Å²) >= 11 is 6.16. The average molecular weight is 355 g/mol. The van der Waals surface area contributed by atoms with Crippen molar-refractivity contribution in [1.29, 1.82) is 0 Å². The van der Waals surface area contributed by atoms with Gasteiger partial charge in [0.2, 0.25) is 0 Å². The zero-order valence-corrected chi connectivity index (χ0v) is 14.2. The Hall–Kier alpha value is -2.73. The Kier molecular flexibility index (Phi) is 3.77. The van der Waals surface area contributed by atoms with Crippen LogP contribution < -0.4 is 4.90 Å². The summed E-state index contributed by atoms with van der Waals surface area (Å²) in [5.74, 6) is -0.737. The summed E-state index contributed by atoms with van der Waals surface area (Å²) < 4.78 is 0. The van der Waals surface area contributed by atoms with E-state index < -0.39 is 18.0 Å². The van der Waals surface area contributed by atoms with Crippen molar-refractivity contribution >= 4 is 29.1 Å². The van der Waals surface area contributed by atoms with Crippen molar-refractivity contribution < 1.29 is 9.59 Å². The summed E-state index contributed by atoms with van der Waals surface area (Å²) in [6, 6.07) is 13.2. The van der Waals surface area contributed by atoms with Crippen LogP contribution in [0.5, 0.6) is 0 Å². The Labute approximate surface area is 149 Å². The van der Waals surface area contributed by atoms with Gasteiger partial charge in [-0.1, -0.05) is 58.8 Å². The first-order chi connectivity index (χ1) is 12.1. The number of anilines is 1. The smallest absolute Gasteiger partial charge is 0.263 e. The van der Waals surface area contributed by atoms with E-state index in [0.717, 1.165) is 16.0 Å². The van der Waals surface area contributed by atoms with Gasteiger partial charge in [-0.15, -0.1) is 0 Å². The van der Waals surface area contributed by atoms with Crippen LogP contribution in [0.4, 0.5) is 5.69 Å². The quantitative estimate of drug-likeness (QED) is 0.795. The lowest BCUT2D eigenvalue weighted by Gasteiger charge is -2.21. The molecule has 2 aromatic rings. The normalized spacial score (nSPS) is 22.0. The standard InChI is InChI=1S/C18H15ClN4O2/c1-11-5-4-6-12(9-11)10-22-16-15(20-21-22)17(24)23(18(16)25)14-8-3-2-7-13(14)19/h2-9,15-16H,10H2,1H3/t15-,16+/m0/s1. The van der Waals surface area contributed by atoms with E-state index in [9.17, 15) is 9.59 Å². The zero-order valence-electron chi connectivity index (χ0n) is 13.5. The summed E-state index contributed by atoms with van der Waals surface area (Å²) in [7, 11) is 0. The highest BCUT2D eigenvalue weighted by Crippen LogP contribution is 2.35. The number of carbonyl (C=O) groups excluding carboxylic acids is 2. The Bertz CT molecular complexity index is 898. The highest BCUT2D eigenvalue weighted by Gasteiger charge is 2.55. The molecule has 7 heteroatoms. The summed E-state index contributed by atoms with van der Waals surface area (Å²) in [4.78, 5) is 26.7. The molecule has 2 aromatic carbocycles. The fraction of sp³-hybridized carbons (Fsp3) is 0.222. The number of hydrogen-bond donors (Lipinski definition) is 0. The van der Waals surface area contributed by atoms with Crippen molar-refractivity contribution in [3.8, 4) is 0 Å². The van der Waals surface area contributed by atoms with Gasteiger partial charge in [0.25, 0.3) is 11.8 Å². The highest BCUT2D eigenvalue weighted by molar-refractivity contribution is 6.36. The van der Waals surface area contributed by atoms with Gasteiger partial charge in [0.1, 0.15) is 0 Å². The minimum absolute atomic E-state index is 0.347. The Morgan fingerprint density at radius 3 is 2.64 bits per heavy atom. The largest absolute Gasteiger partial charge is 0.271 e. The molecule has 0 spiro atoms. The molecule has 0 aliphatic carbocycles. The summed E-state index contributed by atoms with van der Waals surface area (Å²) in [5, 5.41) is 10.0. The molecule has 126 valence electrons. The molecule has 2 aliphatic rings. The summed E-state index contributed by atoms with van der Waals surface area (Å²) in [6.07, 6.45) is 0. The number of carbonyl (C=O) groups is 2. The molecule has 4 rings (SSSR count). The molecule has 2 amide bonds. The lowest BCUT2D eigenvalue weighted by Crippen LogP contribution is -2.39. The van der Waals surface area contributed by atoms with Crippen LogP contribution in [0.15, 0.2) is 58.9 Å². The number of imide groups is 1. The molecule has 6 nitrogen and oxygen atoms in total. The topological polar surface area (TPSA) is 65.3 Å². The monoisotopic (exact) mass is 354 g/mol. The fourth-order valence-corrected chi connectivity index (χ4v) is 3.44. The van der Waals surface area contributed by atoms with Crippen LogP contribution in [-0.4, -0.2) is 28.9 Å². The van der Waals surface area contributed by atoms with E-state index in [0.29, 0.717) is 17.3 Å². The highest BCUT2D eigenvalue weighted by atomic mass is 35.5. The summed E-state index contributed by atoms with van der Waals surface area (Å²) in [5.41, 5.74) is 2.52. The molecule has 0 radical (unpaired) electrons. The van der Waals surface area contributed by atoms with Crippen LogP contribution in [0, 0.1) is 6.92 Å². The molecular weight excluding hydrogens is 340 g/mol. The van der Waals surface area contributed by atoms with Crippen molar-refractivity contribution in [2.75, 3.05) is 4.90 Å². The third-order valence-electron chi connectivity index (χ3n) is 4.38. The molecule has 1 saturated heterocycles. The fourth-order valence-electron chi connectivity index (χ4n) is 3.22. The third-order valence-corrected chi connectivity index (χ3v) is 4.70. The van der Waals surface area contributed by atoms with Gasteiger partial charge in [-0.2, -0.15) is 5.11 Å². The molecule has 2 atom stereocenters. The number of nitrogens with zero attached hydrogens (tertiary/aromatic N) is 4. The number of amides is 2. The van der Waals surface area contributed by atoms with Crippen molar-refractivity contribution in [1.82, 2.24) is 5.01 Å². The number of benzene rings is 2. The molecule has 2 heterocycles. The molecule has 25 heavy (non-hydrogen) atoms. The van der Waals surface area contributed by atoms with E-state index >= 15 is 0 Å². The Morgan fingerprint density at radius 1 is 1.08 bits per heavy atom. The second-order valence-electron chi connectivity index (χ2n) is 6.14. The number of halogens is 1. The predicted octanol–water partition coefficient (Wildman–Crippen LogP) is 3.14. The van der Waals surface area contributed by atoms with E-state index in [1.807, 2.05) is 31.2 Å². The number of hydrogen-bond acceptors (Lipinski definition) is 5. The van der Waals surface area contributed by atoms with Crippen LogP contribution in [0.1, 0.15) is 11.1 Å². The Balaban J connectivity index is 1.63. The van der Waals surface area contributed by atoms with Crippen molar-refractivity contribution in [3.63, 3.8) is 0 Å². The van der Waals surface area contributed by atoms with E-state index in [1.54, 1.807) is 29.3 Å². The van der Waals surface area contributed by atoms with Crippen LogP contribution in [-0.2, 0) is 16.1 Å². The van der Waals surface area contributed by atoms with Crippen molar-refractivity contribution in [3.05, 3.63) is 64.7 Å². The van der Waals surface area contributed by atoms with Crippen LogP contribution >= 0.6 is 11.6 Å². The van der Waals surface area contributed by atoms with E-state index in [1.165, 1.54) is 0 Å². The number of aryl methyl sites for hydroxylation is 1. The lowest BCUT2D eigenvalue weighted by atomic mass is 10.1. The second kappa shape index (κ2) is 5.97. The van der Waals surface area contributed by atoms with Gasteiger partial charge in [0, 0.05) is 0 Å². The van der Waals surface area contributed by atoms with Gasteiger partial charge < -0.3 is 0 Å². The van der Waals surface area contributed by atoms with Crippen molar-refractivity contribution in [2.24, 2.45) is 10.3 Å². The number of fused-ring (bicyclic) bond motifs is 1. The summed E-state index contributed by atoms with van der Waals surface area (Å²) in [6.45, 7) is 2.42. The molecule has 0 unspecified atom stereocenters. The first-order valence-corrected chi connectivity index (χ1v) is 8.29. The van der Waals surface area contributed by atoms with E-state index in [2.05, 4.69) is 10.3 Å². The lowest BCUT2D eigenvalue weighted by molar-refractivity contribution is -0.123. The van der Waals surface area contributed by atoms with Gasteiger partial charge in [0.05, 0.1) is 17.3 Å². The van der Waals surface area contributed by atoms with Gasteiger partial charge in [0.15, 0.2) is 12.1 Å². The molecule has 0 bridgehead atoms. The molecular formula is C18H15ClN4O2. The maximum Gasteiger partial charge on any atom is 0.263 e. The number of para-hydroxylation sites is 1. The van der Waals surface area contributed by atoms with Gasteiger partial charge in [-0.25, -0.2) is 4.90 Å². The molecule has 2 aliphatic heterocycles. The first kappa shape index (κ1) is 15.8. The minimum atomic E-state index is -0.811. The maximum atomic E-state index is 12.9.